The minimum atomic E-state index is -0.330. The smallest absolute Gasteiger partial charge is 0.233 e. The highest BCUT2D eigenvalue weighted by Crippen LogP contribution is 2.16. The number of nitrogens with one attached hydrogen (secondary N) is 2. The summed E-state index contributed by atoms with van der Waals surface area (Å²) in [6.07, 6.45) is -0.206. The quantitative estimate of drug-likeness (QED) is 0.846. The SMILES string of the molecule is Cc1ccc(C)c(NC(=O)CC(=O)Nc2ccccc2)c1. The van der Waals surface area contributed by atoms with Gasteiger partial charge in [0, 0.05) is 11.4 Å². The second-order valence-electron chi connectivity index (χ2n) is 4.96. The van der Waals surface area contributed by atoms with Gasteiger partial charge in [-0.15, -0.1) is 0 Å². The maximum atomic E-state index is 11.9. The van der Waals surface area contributed by atoms with Gasteiger partial charge < -0.3 is 10.6 Å². The summed E-state index contributed by atoms with van der Waals surface area (Å²) in [5.74, 6) is -0.652. The monoisotopic (exact) mass is 282 g/mol. The number of rotatable bonds is 4. The van der Waals surface area contributed by atoms with E-state index in [1.165, 1.54) is 0 Å². The summed E-state index contributed by atoms with van der Waals surface area (Å²) < 4.78 is 0. The average Bonchev–Trinajstić information content (AvgIpc) is 2.43. The molecule has 0 unspecified atom stereocenters. The number of para-hydroxylation sites is 1. The van der Waals surface area contributed by atoms with E-state index in [9.17, 15) is 9.59 Å². The molecule has 2 aromatic rings. The molecule has 0 aliphatic heterocycles. The molecule has 0 aromatic heterocycles. The van der Waals surface area contributed by atoms with Crippen LogP contribution in [0, 0.1) is 13.8 Å². The summed E-state index contributed by atoms with van der Waals surface area (Å²) in [7, 11) is 0. The van der Waals surface area contributed by atoms with E-state index in [0.29, 0.717) is 5.69 Å². The number of hydrogen-bond donors (Lipinski definition) is 2. The fourth-order valence-electron chi connectivity index (χ4n) is 1.94. The van der Waals surface area contributed by atoms with Gasteiger partial charge in [-0.25, -0.2) is 0 Å². The van der Waals surface area contributed by atoms with Crippen LogP contribution >= 0.6 is 0 Å². The first-order chi connectivity index (χ1) is 10.0. The molecule has 21 heavy (non-hydrogen) atoms. The molecule has 0 aliphatic rings. The fraction of sp³-hybridized carbons (Fsp3) is 0.176. The lowest BCUT2D eigenvalue weighted by atomic mass is 10.1. The van der Waals surface area contributed by atoms with E-state index in [1.807, 2.05) is 50.2 Å². The van der Waals surface area contributed by atoms with Crippen LogP contribution in [0.5, 0.6) is 0 Å². The fourth-order valence-corrected chi connectivity index (χ4v) is 1.94. The first-order valence-electron chi connectivity index (χ1n) is 6.76. The van der Waals surface area contributed by atoms with Crippen molar-refractivity contribution in [2.45, 2.75) is 20.3 Å². The molecule has 2 amide bonds. The zero-order valence-electron chi connectivity index (χ0n) is 12.1. The number of carbonyl (C=O) groups is 2. The molecule has 2 aromatic carbocycles. The summed E-state index contributed by atoms with van der Waals surface area (Å²) in [6, 6.07) is 14.9. The number of carbonyl (C=O) groups excluding carboxylic acids is 2. The molecule has 0 saturated carbocycles. The van der Waals surface area contributed by atoms with E-state index in [2.05, 4.69) is 10.6 Å². The van der Waals surface area contributed by atoms with Crippen molar-refractivity contribution in [1.29, 1.82) is 0 Å². The predicted molar refractivity (Wildman–Crippen MR) is 84.2 cm³/mol. The third-order valence-corrected chi connectivity index (χ3v) is 3.05. The Morgan fingerprint density at radius 1 is 0.905 bits per heavy atom. The molecule has 0 aliphatic carbocycles. The lowest BCUT2D eigenvalue weighted by molar-refractivity contribution is -0.123. The first kappa shape index (κ1) is 14.8. The number of benzene rings is 2. The molecule has 0 atom stereocenters. The van der Waals surface area contributed by atoms with Gasteiger partial charge in [-0.1, -0.05) is 30.3 Å². The predicted octanol–water partition coefficient (Wildman–Crippen LogP) is 3.27. The molecule has 4 heteroatoms. The third-order valence-electron chi connectivity index (χ3n) is 3.05. The van der Waals surface area contributed by atoms with Gasteiger partial charge in [0.15, 0.2) is 0 Å². The van der Waals surface area contributed by atoms with E-state index in [1.54, 1.807) is 12.1 Å². The number of amides is 2. The molecule has 0 radical (unpaired) electrons. The maximum absolute atomic E-state index is 11.9. The van der Waals surface area contributed by atoms with E-state index >= 15 is 0 Å². The van der Waals surface area contributed by atoms with Crippen molar-refractivity contribution in [3.63, 3.8) is 0 Å². The molecular weight excluding hydrogens is 264 g/mol. The van der Waals surface area contributed by atoms with Crippen LogP contribution in [0.4, 0.5) is 11.4 Å². The number of hydrogen-bond acceptors (Lipinski definition) is 2. The zero-order chi connectivity index (χ0) is 15.2. The van der Waals surface area contributed by atoms with Gasteiger partial charge in [-0.3, -0.25) is 9.59 Å². The molecule has 4 nitrogen and oxygen atoms in total. The van der Waals surface area contributed by atoms with E-state index < -0.39 is 0 Å². The van der Waals surface area contributed by atoms with Crippen molar-refractivity contribution in [2.24, 2.45) is 0 Å². The first-order valence-corrected chi connectivity index (χ1v) is 6.76. The highest BCUT2D eigenvalue weighted by atomic mass is 16.2. The normalized spacial score (nSPS) is 10.0. The molecule has 0 bridgehead atoms. The molecular formula is C17H18N2O2. The highest BCUT2D eigenvalue weighted by Gasteiger charge is 2.11. The Bertz CT molecular complexity index is 651. The van der Waals surface area contributed by atoms with Crippen molar-refractivity contribution in [1.82, 2.24) is 0 Å². The summed E-state index contributed by atoms with van der Waals surface area (Å²) in [5, 5.41) is 5.45. The van der Waals surface area contributed by atoms with Crippen molar-refractivity contribution < 1.29 is 9.59 Å². The van der Waals surface area contributed by atoms with Crippen LogP contribution in [0.1, 0.15) is 17.5 Å². The Kier molecular flexibility index (Phi) is 4.72. The Labute approximate surface area is 124 Å². The van der Waals surface area contributed by atoms with Crippen molar-refractivity contribution in [3.8, 4) is 0 Å². The van der Waals surface area contributed by atoms with Gasteiger partial charge in [0.05, 0.1) is 0 Å². The summed E-state index contributed by atoms with van der Waals surface area (Å²) >= 11 is 0. The number of anilines is 2. The molecule has 2 N–H and O–H groups in total. The topological polar surface area (TPSA) is 58.2 Å². The van der Waals surface area contributed by atoms with E-state index in [4.69, 9.17) is 0 Å². The van der Waals surface area contributed by atoms with Crippen LogP contribution in [0.2, 0.25) is 0 Å². The van der Waals surface area contributed by atoms with Crippen LogP contribution in [0.15, 0.2) is 48.5 Å². The van der Waals surface area contributed by atoms with Crippen molar-refractivity contribution >= 4 is 23.2 Å². The highest BCUT2D eigenvalue weighted by molar-refractivity contribution is 6.08. The van der Waals surface area contributed by atoms with Gasteiger partial charge in [0.1, 0.15) is 6.42 Å². The van der Waals surface area contributed by atoms with Crippen LogP contribution in [-0.4, -0.2) is 11.8 Å². The minimum Gasteiger partial charge on any atom is -0.326 e. The maximum Gasteiger partial charge on any atom is 0.233 e. The Morgan fingerprint density at radius 3 is 2.29 bits per heavy atom. The molecule has 0 fully saturated rings. The number of aryl methyl sites for hydroxylation is 2. The third kappa shape index (κ3) is 4.45. The van der Waals surface area contributed by atoms with Gasteiger partial charge in [0.25, 0.3) is 0 Å². The summed E-state index contributed by atoms with van der Waals surface area (Å²) in [5.41, 5.74) is 3.46. The second kappa shape index (κ2) is 6.70. The lowest BCUT2D eigenvalue weighted by Gasteiger charge is -2.09. The Morgan fingerprint density at radius 2 is 1.57 bits per heavy atom. The van der Waals surface area contributed by atoms with Crippen LogP contribution in [0.25, 0.3) is 0 Å². The molecule has 2 rings (SSSR count). The van der Waals surface area contributed by atoms with Gasteiger partial charge in [-0.05, 0) is 43.2 Å². The molecule has 0 heterocycles. The Balaban J connectivity index is 1.92. The van der Waals surface area contributed by atoms with Gasteiger partial charge in [-0.2, -0.15) is 0 Å². The minimum absolute atomic E-state index is 0.206. The van der Waals surface area contributed by atoms with Crippen LogP contribution in [-0.2, 0) is 9.59 Å². The lowest BCUT2D eigenvalue weighted by Crippen LogP contribution is -2.21. The zero-order valence-corrected chi connectivity index (χ0v) is 12.1. The summed E-state index contributed by atoms with van der Waals surface area (Å²) in [4.78, 5) is 23.7. The average molecular weight is 282 g/mol. The summed E-state index contributed by atoms with van der Waals surface area (Å²) in [6.45, 7) is 3.87. The molecule has 0 saturated heterocycles. The Hall–Kier alpha value is -2.62. The molecule has 0 spiro atoms. The van der Waals surface area contributed by atoms with Crippen LogP contribution < -0.4 is 10.6 Å². The second-order valence-corrected chi connectivity index (χ2v) is 4.96. The van der Waals surface area contributed by atoms with Gasteiger partial charge >= 0.3 is 0 Å². The van der Waals surface area contributed by atoms with E-state index in [-0.39, 0.29) is 18.2 Å². The largest absolute Gasteiger partial charge is 0.326 e. The van der Waals surface area contributed by atoms with Crippen molar-refractivity contribution in [2.75, 3.05) is 10.6 Å². The van der Waals surface area contributed by atoms with Gasteiger partial charge in [0.2, 0.25) is 11.8 Å². The van der Waals surface area contributed by atoms with Crippen LogP contribution in [0.3, 0.4) is 0 Å². The molecule has 108 valence electrons. The van der Waals surface area contributed by atoms with Crippen molar-refractivity contribution in [3.05, 3.63) is 59.7 Å². The van der Waals surface area contributed by atoms with E-state index in [0.717, 1.165) is 16.8 Å². The standard InChI is InChI=1S/C17H18N2O2/c1-12-8-9-13(2)15(10-12)19-17(21)11-16(20)18-14-6-4-3-5-7-14/h3-10H,11H2,1-2H3,(H,18,20)(H,19,21).